The lowest BCUT2D eigenvalue weighted by Gasteiger charge is -2.23. The SMILES string of the molecule is CCNC(=NCC(C)(C)C(=O)NC)NC(C)CCCN(CC)CC. The van der Waals surface area contributed by atoms with Crippen molar-refractivity contribution in [3.63, 3.8) is 0 Å². The monoisotopic (exact) mass is 341 g/mol. The molecule has 0 saturated carbocycles. The Kier molecular flexibility index (Phi) is 11.5. The second-order valence-corrected chi connectivity index (χ2v) is 6.87. The van der Waals surface area contributed by atoms with Gasteiger partial charge in [-0.05, 0) is 60.2 Å². The van der Waals surface area contributed by atoms with Gasteiger partial charge in [0.05, 0.1) is 12.0 Å². The quantitative estimate of drug-likeness (QED) is 0.396. The summed E-state index contributed by atoms with van der Waals surface area (Å²) in [6.45, 7) is 17.1. The van der Waals surface area contributed by atoms with E-state index in [0.29, 0.717) is 12.6 Å². The van der Waals surface area contributed by atoms with Gasteiger partial charge in [0.2, 0.25) is 5.91 Å². The summed E-state index contributed by atoms with van der Waals surface area (Å²) in [5.74, 6) is 0.791. The van der Waals surface area contributed by atoms with Crippen LogP contribution >= 0.6 is 0 Å². The minimum absolute atomic E-state index is 0.00868. The molecule has 6 heteroatoms. The maximum atomic E-state index is 11.9. The minimum Gasteiger partial charge on any atom is -0.359 e. The summed E-state index contributed by atoms with van der Waals surface area (Å²) in [5.41, 5.74) is -0.511. The molecule has 0 bridgehead atoms. The summed E-state index contributed by atoms with van der Waals surface area (Å²) >= 11 is 0. The smallest absolute Gasteiger partial charge is 0.227 e. The average molecular weight is 342 g/mol. The fraction of sp³-hybridized carbons (Fsp3) is 0.889. The molecule has 6 nitrogen and oxygen atoms in total. The highest BCUT2D eigenvalue weighted by Crippen LogP contribution is 2.15. The fourth-order valence-corrected chi connectivity index (χ4v) is 2.47. The van der Waals surface area contributed by atoms with Crippen LogP contribution in [0.3, 0.4) is 0 Å². The van der Waals surface area contributed by atoms with E-state index in [1.54, 1.807) is 7.05 Å². The van der Waals surface area contributed by atoms with Crippen LogP contribution < -0.4 is 16.0 Å². The van der Waals surface area contributed by atoms with Gasteiger partial charge in [0.1, 0.15) is 0 Å². The molecule has 1 atom stereocenters. The standard InChI is InChI=1S/C18H39N5O/c1-8-20-17(21-14-18(5,6)16(24)19-7)22-15(4)12-11-13-23(9-2)10-3/h15H,8-14H2,1-7H3,(H,19,24)(H2,20,21,22). The van der Waals surface area contributed by atoms with E-state index in [1.807, 2.05) is 20.8 Å². The van der Waals surface area contributed by atoms with E-state index >= 15 is 0 Å². The molecule has 1 unspecified atom stereocenters. The molecule has 0 aromatic rings. The molecule has 0 aliphatic rings. The number of guanidine groups is 1. The Bertz CT molecular complexity index is 378. The van der Waals surface area contributed by atoms with Crippen molar-refractivity contribution < 1.29 is 4.79 Å². The summed E-state index contributed by atoms with van der Waals surface area (Å²) in [4.78, 5) is 18.9. The van der Waals surface area contributed by atoms with Crippen molar-refractivity contribution in [3.05, 3.63) is 0 Å². The molecule has 0 aromatic carbocycles. The van der Waals surface area contributed by atoms with Gasteiger partial charge < -0.3 is 20.9 Å². The van der Waals surface area contributed by atoms with Crippen LogP contribution in [0.4, 0.5) is 0 Å². The molecular weight excluding hydrogens is 302 g/mol. The van der Waals surface area contributed by atoms with Crippen molar-refractivity contribution in [1.29, 1.82) is 0 Å². The van der Waals surface area contributed by atoms with Gasteiger partial charge in [-0.1, -0.05) is 13.8 Å². The van der Waals surface area contributed by atoms with Gasteiger partial charge in [-0.3, -0.25) is 9.79 Å². The molecule has 0 aliphatic carbocycles. The van der Waals surface area contributed by atoms with E-state index in [0.717, 1.165) is 38.6 Å². The van der Waals surface area contributed by atoms with Crippen molar-refractivity contribution in [1.82, 2.24) is 20.9 Å². The number of nitrogens with one attached hydrogen (secondary N) is 3. The number of carbonyl (C=O) groups excluding carboxylic acids is 1. The van der Waals surface area contributed by atoms with Gasteiger partial charge in [-0.2, -0.15) is 0 Å². The molecule has 0 spiro atoms. The number of nitrogens with zero attached hydrogens (tertiary/aromatic N) is 2. The maximum absolute atomic E-state index is 11.9. The van der Waals surface area contributed by atoms with Crippen LogP contribution in [-0.4, -0.2) is 62.6 Å². The third kappa shape index (κ3) is 9.11. The third-order valence-electron chi connectivity index (χ3n) is 4.21. The Labute approximate surface area is 148 Å². The number of hydrogen-bond acceptors (Lipinski definition) is 3. The number of amides is 1. The maximum Gasteiger partial charge on any atom is 0.227 e. The lowest BCUT2D eigenvalue weighted by atomic mass is 9.93. The summed E-state index contributed by atoms with van der Waals surface area (Å²) < 4.78 is 0. The van der Waals surface area contributed by atoms with E-state index in [9.17, 15) is 4.79 Å². The third-order valence-corrected chi connectivity index (χ3v) is 4.21. The van der Waals surface area contributed by atoms with Gasteiger partial charge in [0, 0.05) is 19.6 Å². The number of hydrogen-bond donors (Lipinski definition) is 3. The first kappa shape index (κ1) is 22.7. The van der Waals surface area contributed by atoms with Crippen molar-refractivity contribution >= 4 is 11.9 Å². The fourth-order valence-electron chi connectivity index (χ4n) is 2.47. The van der Waals surface area contributed by atoms with Gasteiger partial charge in [-0.25, -0.2) is 0 Å². The van der Waals surface area contributed by atoms with Crippen molar-refractivity contribution in [2.24, 2.45) is 10.4 Å². The predicted octanol–water partition coefficient (Wildman–Crippen LogP) is 1.82. The highest BCUT2D eigenvalue weighted by Gasteiger charge is 2.26. The molecule has 1 amide bonds. The zero-order chi connectivity index (χ0) is 18.6. The normalized spacial score (nSPS) is 13.8. The van der Waals surface area contributed by atoms with Crippen LogP contribution in [0.5, 0.6) is 0 Å². The van der Waals surface area contributed by atoms with E-state index in [4.69, 9.17) is 0 Å². The lowest BCUT2D eigenvalue weighted by molar-refractivity contribution is -0.128. The van der Waals surface area contributed by atoms with E-state index in [-0.39, 0.29) is 5.91 Å². The summed E-state index contributed by atoms with van der Waals surface area (Å²) in [6.07, 6.45) is 2.26. The van der Waals surface area contributed by atoms with E-state index in [1.165, 1.54) is 6.42 Å². The number of carbonyl (C=O) groups is 1. The van der Waals surface area contributed by atoms with Gasteiger partial charge in [-0.15, -0.1) is 0 Å². The minimum atomic E-state index is -0.511. The van der Waals surface area contributed by atoms with Crippen LogP contribution in [0.1, 0.15) is 54.4 Å². The Hall–Kier alpha value is -1.30. The Balaban J connectivity index is 4.50. The van der Waals surface area contributed by atoms with E-state index < -0.39 is 5.41 Å². The summed E-state index contributed by atoms with van der Waals surface area (Å²) in [5, 5.41) is 9.40. The first-order chi connectivity index (χ1) is 11.3. The van der Waals surface area contributed by atoms with Crippen molar-refractivity contribution in [2.75, 3.05) is 39.8 Å². The Morgan fingerprint density at radius 1 is 1.21 bits per heavy atom. The van der Waals surface area contributed by atoms with Crippen LogP contribution in [0, 0.1) is 5.41 Å². The van der Waals surface area contributed by atoms with Crippen molar-refractivity contribution in [2.45, 2.75) is 60.4 Å². The van der Waals surface area contributed by atoms with Crippen LogP contribution in [0.2, 0.25) is 0 Å². The molecule has 0 fully saturated rings. The molecule has 24 heavy (non-hydrogen) atoms. The van der Waals surface area contributed by atoms with Crippen molar-refractivity contribution in [3.8, 4) is 0 Å². The zero-order valence-corrected chi connectivity index (χ0v) is 16.8. The molecule has 3 N–H and O–H groups in total. The molecule has 142 valence electrons. The molecule has 0 saturated heterocycles. The molecule has 0 radical (unpaired) electrons. The molecule has 0 heterocycles. The molecule has 0 aliphatic heterocycles. The first-order valence-corrected chi connectivity index (χ1v) is 9.30. The topological polar surface area (TPSA) is 68.8 Å². The van der Waals surface area contributed by atoms with Gasteiger partial charge in [0.15, 0.2) is 5.96 Å². The number of aliphatic imine (C=N–C) groups is 1. The largest absolute Gasteiger partial charge is 0.359 e. The predicted molar refractivity (Wildman–Crippen MR) is 103 cm³/mol. The summed E-state index contributed by atoms with van der Waals surface area (Å²) in [7, 11) is 1.66. The highest BCUT2D eigenvalue weighted by atomic mass is 16.2. The van der Waals surface area contributed by atoms with Crippen LogP contribution in [-0.2, 0) is 4.79 Å². The van der Waals surface area contributed by atoms with Crippen LogP contribution in [0.15, 0.2) is 4.99 Å². The zero-order valence-electron chi connectivity index (χ0n) is 16.8. The highest BCUT2D eigenvalue weighted by molar-refractivity contribution is 5.83. The Morgan fingerprint density at radius 2 is 1.83 bits per heavy atom. The lowest BCUT2D eigenvalue weighted by Crippen LogP contribution is -2.44. The van der Waals surface area contributed by atoms with Gasteiger partial charge in [0.25, 0.3) is 0 Å². The van der Waals surface area contributed by atoms with Crippen LogP contribution in [0.25, 0.3) is 0 Å². The molecular formula is C18H39N5O. The number of rotatable bonds is 11. The molecule has 0 aromatic heterocycles. The average Bonchev–Trinajstić information content (AvgIpc) is 2.56. The Morgan fingerprint density at radius 3 is 2.33 bits per heavy atom. The second kappa shape index (κ2) is 12.1. The second-order valence-electron chi connectivity index (χ2n) is 6.87. The first-order valence-electron chi connectivity index (χ1n) is 9.30. The van der Waals surface area contributed by atoms with Gasteiger partial charge >= 0.3 is 0 Å². The molecule has 0 rings (SSSR count). The van der Waals surface area contributed by atoms with E-state index in [2.05, 4.69) is 46.6 Å². The summed E-state index contributed by atoms with van der Waals surface area (Å²) in [6, 6.07) is 0.349.